The zero-order chi connectivity index (χ0) is 16.8. The molecule has 3 radical (unpaired) electrons. The standard InChI is InChI=1S/C19H35N2SSi/c1-15(2)12-18-14-20(10-4-5-11-23)19(22)21(18)13-17-8-6-16(3)7-9-17/h15-18H,4-14H2,1-3H3/t16?,17?,18-/m1/s1. The number of nitrogens with zero attached hydrogens (tertiary/aromatic N) is 2. The van der Waals surface area contributed by atoms with Crippen molar-refractivity contribution >= 4 is 27.6 Å². The number of unbranched alkanes of at least 4 members (excludes halogenated alkanes) is 1. The van der Waals surface area contributed by atoms with Crippen LogP contribution in [0.15, 0.2) is 0 Å². The molecule has 0 N–H and O–H groups in total. The normalized spacial score (nSPS) is 28.9. The summed E-state index contributed by atoms with van der Waals surface area (Å²) in [6.07, 6.45) is 9.38. The van der Waals surface area contributed by atoms with Gasteiger partial charge in [0.25, 0.3) is 0 Å². The zero-order valence-electron chi connectivity index (χ0n) is 15.4. The summed E-state index contributed by atoms with van der Waals surface area (Å²) in [6, 6.07) is 1.74. The van der Waals surface area contributed by atoms with Crippen molar-refractivity contribution in [3.8, 4) is 0 Å². The van der Waals surface area contributed by atoms with Crippen molar-refractivity contribution in [2.45, 2.75) is 77.8 Å². The predicted octanol–water partition coefficient (Wildman–Crippen LogP) is 4.50. The molecule has 1 saturated heterocycles. The van der Waals surface area contributed by atoms with Gasteiger partial charge in [-0.25, -0.2) is 0 Å². The lowest BCUT2D eigenvalue weighted by Gasteiger charge is -2.33. The number of rotatable bonds is 8. The predicted molar refractivity (Wildman–Crippen MR) is 105 cm³/mol. The van der Waals surface area contributed by atoms with Gasteiger partial charge in [0.2, 0.25) is 0 Å². The van der Waals surface area contributed by atoms with Crippen LogP contribution in [0.2, 0.25) is 6.04 Å². The molecule has 1 heterocycles. The molecule has 0 spiro atoms. The fraction of sp³-hybridized carbons (Fsp3) is 0.947. The van der Waals surface area contributed by atoms with Gasteiger partial charge in [0.05, 0.1) is 0 Å². The van der Waals surface area contributed by atoms with Gasteiger partial charge in [0, 0.05) is 35.9 Å². The third kappa shape index (κ3) is 5.74. The summed E-state index contributed by atoms with van der Waals surface area (Å²) in [6.45, 7) is 10.6. The Labute approximate surface area is 152 Å². The summed E-state index contributed by atoms with van der Waals surface area (Å²) in [4.78, 5) is 5.08. The molecule has 0 unspecified atom stereocenters. The Balaban J connectivity index is 1.93. The molecule has 1 saturated carbocycles. The van der Waals surface area contributed by atoms with Gasteiger partial charge in [-0.2, -0.15) is 0 Å². The first kappa shape index (κ1) is 19.2. The third-order valence-corrected chi connectivity index (χ3v) is 6.42. The van der Waals surface area contributed by atoms with E-state index >= 15 is 0 Å². The molecular weight excluding hydrogens is 316 g/mol. The van der Waals surface area contributed by atoms with Crippen LogP contribution in [0.25, 0.3) is 0 Å². The van der Waals surface area contributed by atoms with Crippen molar-refractivity contribution in [2.24, 2.45) is 17.8 Å². The summed E-state index contributed by atoms with van der Waals surface area (Å²) in [7, 11) is 3.59. The summed E-state index contributed by atoms with van der Waals surface area (Å²) >= 11 is 5.87. The van der Waals surface area contributed by atoms with Crippen LogP contribution in [-0.2, 0) is 0 Å². The van der Waals surface area contributed by atoms with Crippen LogP contribution < -0.4 is 0 Å². The van der Waals surface area contributed by atoms with Crippen LogP contribution in [0.4, 0.5) is 0 Å². The molecule has 1 aliphatic carbocycles. The topological polar surface area (TPSA) is 6.48 Å². The molecule has 131 valence electrons. The summed E-state index contributed by atoms with van der Waals surface area (Å²) in [5.74, 6) is 2.55. The number of hydrogen-bond acceptors (Lipinski definition) is 1. The lowest BCUT2D eigenvalue weighted by atomic mass is 9.82. The van der Waals surface area contributed by atoms with E-state index < -0.39 is 0 Å². The van der Waals surface area contributed by atoms with Gasteiger partial charge in [-0.1, -0.05) is 46.1 Å². The highest BCUT2D eigenvalue weighted by molar-refractivity contribution is 7.80. The summed E-state index contributed by atoms with van der Waals surface area (Å²) in [5, 5.41) is 1.14. The Kier molecular flexibility index (Phi) is 7.87. The quantitative estimate of drug-likeness (QED) is 0.361. The minimum atomic E-state index is 0.644. The molecule has 0 bridgehead atoms. The first-order valence-electron chi connectivity index (χ1n) is 9.71. The van der Waals surface area contributed by atoms with Crippen LogP contribution >= 0.6 is 12.2 Å². The van der Waals surface area contributed by atoms with Crippen molar-refractivity contribution in [1.29, 1.82) is 0 Å². The van der Waals surface area contributed by atoms with Crippen molar-refractivity contribution < 1.29 is 0 Å². The van der Waals surface area contributed by atoms with Gasteiger partial charge in [-0.05, 0) is 55.7 Å². The Morgan fingerprint density at radius 2 is 1.87 bits per heavy atom. The molecule has 2 fully saturated rings. The first-order valence-corrected chi connectivity index (χ1v) is 10.8. The van der Waals surface area contributed by atoms with Gasteiger partial charge in [-0.15, -0.1) is 0 Å². The Hall–Kier alpha value is -0.0931. The second kappa shape index (κ2) is 9.41. The summed E-state index contributed by atoms with van der Waals surface area (Å²) < 4.78 is 0. The molecule has 2 nitrogen and oxygen atoms in total. The van der Waals surface area contributed by atoms with Crippen molar-refractivity contribution in [3.05, 3.63) is 0 Å². The molecule has 1 atom stereocenters. The zero-order valence-corrected chi connectivity index (χ0v) is 17.2. The fourth-order valence-electron chi connectivity index (χ4n) is 4.15. The highest BCUT2D eigenvalue weighted by Crippen LogP contribution is 2.31. The van der Waals surface area contributed by atoms with Crippen LogP contribution in [0.1, 0.15) is 65.7 Å². The monoisotopic (exact) mass is 351 g/mol. The van der Waals surface area contributed by atoms with E-state index in [1.807, 2.05) is 0 Å². The lowest BCUT2D eigenvalue weighted by Crippen LogP contribution is -2.40. The van der Waals surface area contributed by atoms with Crippen molar-refractivity contribution in [2.75, 3.05) is 19.6 Å². The van der Waals surface area contributed by atoms with Gasteiger partial charge in [0.1, 0.15) is 0 Å². The molecule has 0 aromatic heterocycles. The van der Waals surface area contributed by atoms with Crippen LogP contribution in [0.5, 0.6) is 0 Å². The molecule has 0 aromatic carbocycles. The van der Waals surface area contributed by atoms with Gasteiger partial charge in [-0.3, -0.25) is 0 Å². The Morgan fingerprint density at radius 3 is 2.48 bits per heavy atom. The lowest BCUT2D eigenvalue weighted by molar-refractivity contribution is 0.210. The van der Waals surface area contributed by atoms with Gasteiger partial charge < -0.3 is 9.80 Å². The van der Waals surface area contributed by atoms with E-state index in [1.165, 1.54) is 51.5 Å². The van der Waals surface area contributed by atoms with Gasteiger partial charge >= 0.3 is 0 Å². The molecule has 23 heavy (non-hydrogen) atoms. The SMILES string of the molecule is CC(C)C[C@@H]1CN(CCCC[Si])C(=S)N1CC1CCC(C)CC1. The molecular formula is C19H35N2SSi. The minimum absolute atomic E-state index is 0.644. The number of thiocarbonyl (C=S) groups is 1. The van der Waals surface area contributed by atoms with E-state index in [9.17, 15) is 0 Å². The highest BCUT2D eigenvalue weighted by Gasteiger charge is 2.35. The molecule has 0 aromatic rings. The second-order valence-electron chi connectivity index (χ2n) is 8.25. The van der Waals surface area contributed by atoms with Crippen LogP contribution in [0, 0.1) is 17.8 Å². The maximum Gasteiger partial charge on any atom is 0.171 e. The third-order valence-electron chi connectivity index (χ3n) is 5.58. The van der Waals surface area contributed by atoms with E-state index in [-0.39, 0.29) is 0 Å². The van der Waals surface area contributed by atoms with E-state index in [0.717, 1.165) is 42.0 Å². The Morgan fingerprint density at radius 1 is 1.17 bits per heavy atom. The fourth-order valence-corrected chi connectivity index (χ4v) is 4.79. The maximum absolute atomic E-state index is 5.87. The second-order valence-corrected chi connectivity index (χ2v) is 9.11. The summed E-state index contributed by atoms with van der Waals surface area (Å²) in [5.41, 5.74) is 0. The largest absolute Gasteiger partial charge is 0.347 e. The van der Waals surface area contributed by atoms with E-state index in [4.69, 9.17) is 12.2 Å². The average molecular weight is 352 g/mol. The maximum atomic E-state index is 5.87. The molecule has 1 aliphatic heterocycles. The van der Waals surface area contributed by atoms with Gasteiger partial charge in [0.15, 0.2) is 5.11 Å². The van der Waals surface area contributed by atoms with Crippen LogP contribution in [0.3, 0.4) is 0 Å². The molecule has 0 amide bonds. The Bertz CT molecular complexity index is 366. The smallest absolute Gasteiger partial charge is 0.171 e. The molecule has 2 aliphatic rings. The van der Waals surface area contributed by atoms with E-state index in [1.54, 1.807) is 0 Å². The highest BCUT2D eigenvalue weighted by atomic mass is 32.1. The van der Waals surface area contributed by atoms with Crippen molar-refractivity contribution in [3.63, 3.8) is 0 Å². The van der Waals surface area contributed by atoms with E-state index in [0.29, 0.717) is 6.04 Å². The molecule has 4 heteroatoms. The van der Waals surface area contributed by atoms with E-state index in [2.05, 4.69) is 40.8 Å². The first-order chi connectivity index (χ1) is 11.0. The average Bonchev–Trinajstić information content (AvgIpc) is 2.78. The van der Waals surface area contributed by atoms with Crippen LogP contribution in [-0.4, -0.2) is 50.8 Å². The molecule has 2 rings (SSSR count). The minimum Gasteiger partial charge on any atom is -0.347 e. The van der Waals surface area contributed by atoms with Crippen molar-refractivity contribution in [1.82, 2.24) is 9.80 Å². The number of hydrogen-bond donors (Lipinski definition) is 0.